The second kappa shape index (κ2) is 14.3. The van der Waals surface area contributed by atoms with Gasteiger partial charge in [-0.2, -0.15) is 0 Å². The van der Waals surface area contributed by atoms with Gasteiger partial charge in [-0.05, 0) is 85.5 Å². The third-order valence-corrected chi connectivity index (χ3v) is 4.50. The van der Waals surface area contributed by atoms with Crippen LogP contribution in [0.3, 0.4) is 0 Å². The molecule has 0 aromatic carbocycles. The van der Waals surface area contributed by atoms with E-state index in [9.17, 15) is 4.79 Å². The van der Waals surface area contributed by atoms with Crippen molar-refractivity contribution >= 4 is 5.78 Å². The smallest absolute Gasteiger partial charge is 0.130 e. The fraction of sp³-hybridized carbons (Fsp3) is 0.696. The Hall–Kier alpha value is -1.11. The first-order chi connectivity index (χ1) is 11.3. The lowest BCUT2D eigenvalue weighted by Gasteiger charge is -2.10. The van der Waals surface area contributed by atoms with Crippen molar-refractivity contribution in [3.8, 4) is 0 Å². The molecule has 24 heavy (non-hydrogen) atoms. The molecule has 0 N–H and O–H groups in total. The van der Waals surface area contributed by atoms with Crippen LogP contribution >= 0.6 is 0 Å². The van der Waals surface area contributed by atoms with Crippen molar-refractivity contribution in [2.45, 2.75) is 99.3 Å². The van der Waals surface area contributed by atoms with Crippen molar-refractivity contribution in [1.29, 1.82) is 0 Å². The molecule has 1 atom stereocenters. The van der Waals surface area contributed by atoms with Crippen molar-refractivity contribution < 1.29 is 4.79 Å². The Morgan fingerprint density at radius 1 is 0.750 bits per heavy atom. The number of rotatable bonds is 13. The quantitative estimate of drug-likeness (QED) is 0.318. The number of carbonyl (C=O) groups excluding carboxylic acids is 1. The summed E-state index contributed by atoms with van der Waals surface area (Å²) in [7, 11) is 0. The summed E-state index contributed by atoms with van der Waals surface area (Å²) in [4.78, 5) is 10.9. The lowest BCUT2D eigenvalue weighted by atomic mass is 9.96. The molecule has 0 aromatic rings. The van der Waals surface area contributed by atoms with Gasteiger partial charge in [-0.15, -0.1) is 0 Å². The number of hydrogen-bond donors (Lipinski definition) is 0. The maximum atomic E-state index is 10.9. The molecule has 0 radical (unpaired) electrons. The van der Waals surface area contributed by atoms with E-state index in [0.29, 0.717) is 6.42 Å². The number of ketones is 1. The summed E-state index contributed by atoms with van der Waals surface area (Å²) in [5, 5.41) is 0. The zero-order valence-electron chi connectivity index (χ0n) is 17.1. The van der Waals surface area contributed by atoms with Crippen LogP contribution in [-0.2, 0) is 4.79 Å². The normalized spacial score (nSPS) is 13.8. The molecule has 1 unspecified atom stereocenters. The van der Waals surface area contributed by atoms with Gasteiger partial charge in [0.2, 0.25) is 0 Å². The maximum absolute atomic E-state index is 10.9. The minimum absolute atomic E-state index is 0.282. The van der Waals surface area contributed by atoms with Crippen molar-refractivity contribution in [3.63, 3.8) is 0 Å². The number of carbonyl (C=O) groups is 1. The molecular formula is C23H40O. The average molecular weight is 333 g/mol. The van der Waals surface area contributed by atoms with Gasteiger partial charge in [0, 0.05) is 6.42 Å². The van der Waals surface area contributed by atoms with Crippen LogP contribution in [0, 0.1) is 5.92 Å². The Bertz CT molecular complexity index is 433. The summed E-state index contributed by atoms with van der Waals surface area (Å²) in [5.41, 5.74) is 4.38. The molecule has 1 heteroatoms. The minimum Gasteiger partial charge on any atom is -0.300 e. The van der Waals surface area contributed by atoms with E-state index in [1.54, 1.807) is 6.92 Å². The van der Waals surface area contributed by atoms with Gasteiger partial charge in [0.1, 0.15) is 5.78 Å². The van der Waals surface area contributed by atoms with Crippen LogP contribution in [0.25, 0.3) is 0 Å². The van der Waals surface area contributed by atoms with E-state index in [2.05, 4.69) is 52.8 Å². The van der Waals surface area contributed by atoms with Crippen molar-refractivity contribution in [3.05, 3.63) is 34.9 Å². The summed E-state index contributed by atoms with van der Waals surface area (Å²) in [6.07, 6.45) is 17.2. The van der Waals surface area contributed by atoms with Crippen molar-refractivity contribution in [2.75, 3.05) is 0 Å². The first-order valence-electron chi connectivity index (χ1n) is 9.75. The molecule has 1 nitrogen and oxygen atoms in total. The molecule has 0 spiro atoms. The highest BCUT2D eigenvalue weighted by Crippen LogP contribution is 2.18. The predicted octanol–water partition coefficient (Wildman–Crippen LogP) is 7.58. The van der Waals surface area contributed by atoms with Crippen LogP contribution < -0.4 is 0 Å². The molecule has 0 fully saturated rings. The van der Waals surface area contributed by atoms with E-state index in [1.165, 1.54) is 48.8 Å². The van der Waals surface area contributed by atoms with E-state index < -0.39 is 0 Å². The van der Waals surface area contributed by atoms with Gasteiger partial charge in [0.25, 0.3) is 0 Å². The topological polar surface area (TPSA) is 17.1 Å². The van der Waals surface area contributed by atoms with Crippen LogP contribution in [0.15, 0.2) is 34.9 Å². The molecule has 0 aromatic heterocycles. The highest BCUT2D eigenvalue weighted by Gasteiger charge is 2.01. The summed E-state index contributed by atoms with van der Waals surface area (Å²) >= 11 is 0. The SMILES string of the molecule is CC(=O)CCC=C(C)CCC=C(C)CCCC(C)CCC=C(C)C. The average Bonchev–Trinajstić information content (AvgIpc) is 2.46. The zero-order valence-corrected chi connectivity index (χ0v) is 17.1. The standard InChI is InChI=1S/C23H40O/c1-19(2)11-7-12-20(3)13-8-14-21(4)15-9-16-22(5)17-10-18-23(6)24/h11,15,17,20H,7-10,12-14,16,18H2,1-6H3. The molecule has 0 aliphatic rings. The lowest BCUT2D eigenvalue weighted by molar-refractivity contribution is -0.116. The van der Waals surface area contributed by atoms with Gasteiger partial charge in [-0.1, -0.05) is 48.3 Å². The summed E-state index contributed by atoms with van der Waals surface area (Å²) in [6.45, 7) is 12.9. The van der Waals surface area contributed by atoms with Crippen LogP contribution in [0.1, 0.15) is 99.3 Å². The molecule has 0 aliphatic carbocycles. The van der Waals surface area contributed by atoms with Gasteiger partial charge >= 0.3 is 0 Å². The Labute approximate surface area is 151 Å². The van der Waals surface area contributed by atoms with Crippen LogP contribution in [-0.4, -0.2) is 5.78 Å². The Kier molecular flexibility index (Phi) is 13.6. The van der Waals surface area contributed by atoms with Crippen molar-refractivity contribution in [1.82, 2.24) is 0 Å². The fourth-order valence-corrected chi connectivity index (χ4v) is 2.80. The van der Waals surface area contributed by atoms with Gasteiger partial charge in [0.05, 0.1) is 0 Å². The van der Waals surface area contributed by atoms with E-state index in [4.69, 9.17) is 0 Å². The van der Waals surface area contributed by atoms with Gasteiger partial charge in [-0.3, -0.25) is 0 Å². The lowest BCUT2D eigenvalue weighted by Crippen LogP contribution is -1.94. The predicted molar refractivity (Wildman–Crippen MR) is 108 cm³/mol. The monoisotopic (exact) mass is 332 g/mol. The fourth-order valence-electron chi connectivity index (χ4n) is 2.80. The molecule has 0 heterocycles. The van der Waals surface area contributed by atoms with Crippen LogP contribution in [0.2, 0.25) is 0 Å². The van der Waals surface area contributed by atoms with Gasteiger partial charge in [-0.25, -0.2) is 0 Å². The first kappa shape index (κ1) is 22.9. The van der Waals surface area contributed by atoms with Crippen LogP contribution in [0.4, 0.5) is 0 Å². The van der Waals surface area contributed by atoms with Gasteiger partial charge in [0.15, 0.2) is 0 Å². The second-order valence-electron chi connectivity index (χ2n) is 7.74. The molecular weight excluding hydrogens is 292 g/mol. The molecule has 0 rings (SSSR count). The first-order valence-corrected chi connectivity index (χ1v) is 9.75. The number of hydrogen-bond acceptors (Lipinski definition) is 1. The molecule has 0 saturated carbocycles. The van der Waals surface area contributed by atoms with E-state index >= 15 is 0 Å². The van der Waals surface area contributed by atoms with Gasteiger partial charge < -0.3 is 4.79 Å². The highest BCUT2D eigenvalue weighted by molar-refractivity contribution is 5.75. The Balaban J connectivity index is 3.83. The van der Waals surface area contributed by atoms with Crippen molar-refractivity contribution in [2.24, 2.45) is 5.92 Å². The number of Topliss-reactive ketones (excluding diaryl/α,β-unsaturated/α-hetero) is 1. The molecule has 0 saturated heterocycles. The summed E-state index contributed by atoms with van der Waals surface area (Å²) in [5.74, 6) is 1.12. The zero-order chi connectivity index (χ0) is 18.4. The summed E-state index contributed by atoms with van der Waals surface area (Å²) in [6, 6.07) is 0. The Morgan fingerprint density at radius 2 is 1.33 bits per heavy atom. The third kappa shape index (κ3) is 15.8. The molecule has 0 bridgehead atoms. The Morgan fingerprint density at radius 3 is 1.92 bits per heavy atom. The highest BCUT2D eigenvalue weighted by atomic mass is 16.1. The van der Waals surface area contributed by atoms with E-state index in [1.807, 2.05) is 0 Å². The minimum atomic E-state index is 0.282. The summed E-state index contributed by atoms with van der Waals surface area (Å²) < 4.78 is 0. The second-order valence-corrected chi connectivity index (χ2v) is 7.74. The van der Waals surface area contributed by atoms with Crippen LogP contribution in [0.5, 0.6) is 0 Å². The molecule has 0 aliphatic heterocycles. The molecule has 0 amide bonds. The largest absolute Gasteiger partial charge is 0.300 e. The third-order valence-electron chi connectivity index (χ3n) is 4.50. The molecule has 138 valence electrons. The maximum Gasteiger partial charge on any atom is 0.130 e. The van der Waals surface area contributed by atoms with E-state index in [-0.39, 0.29) is 5.78 Å². The number of allylic oxidation sites excluding steroid dienone is 6. The van der Waals surface area contributed by atoms with E-state index in [0.717, 1.165) is 25.2 Å².